The van der Waals surface area contributed by atoms with Crippen LogP contribution < -0.4 is 22.2 Å². The Morgan fingerprint density at radius 3 is 2.68 bits per heavy atom. The van der Waals surface area contributed by atoms with Crippen LogP contribution in [0, 0.1) is 5.92 Å². The number of allylic oxidation sites excluding steroid dienone is 4. The zero-order valence-corrected chi connectivity index (χ0v) is 17.0. The minimum absolute atomic E-state index is 0.0181. The van der Waals surface area contributed by atoms with Crippen molar-refractivity contribution in [3.05, 3.63) is 47.9 Å². The van der Waals surface area contributed by atoms with Crippen LogP contribution in [0.15, 0.2) is 47.0 Å². The number of hydrazine groups is 1. The Hall–Kier alpha value is -3.73. The number of alkyl halides is 1. The monoisotopic (exact) mass is 426 g/mol. The third-order valence-corrected chi connectivity index (χ3v) is 5.39. The van der Waals surface area contributed by atoms with Gasteiger partial charge in [0.2, 0.25) is 0 Å². The number of rotatable bonds is 4. The highest BCUT2D eigenvalue weighted by Crippen LogP contribution is 2.40. The second-order valence-electron chi connectivity index (χ2n) is 7.36. The molecule has 10 nitrogen and oxygen atoms in total. The molecule has 1 amide bonds. The van der Waals surface area contributed by atoms with Crippen LogP contribution in [0.5, 0.6) is 0 Å². The number of aromatic nitrogens is 2. The van der Waals surface area contributed by atoms with E-state index in [1.54, 1.807) is 18.4 Å². The minimum Gasteiger partial charge on any atom is -0.453 e. The van der Waals surface area contributed by atoms with Crippen LogP contribution in [0.25, 0.3) is 5.70 Å². The van der Waals surface area contributed by atoms with E-state index < -0.39 is 17.9 Å². The zero-order chi connectivity index (χ0) is 22.2. The van der Waals surface area contributed by atoms with E-state index in [4.69, 9.17) is 11.5 Å². The topological polar surface area (TPSA) is 144 Å². The largest absolute Gasteiger partial charge is 0.453 e. The Morgan fingerprint density at radius 2 is 2.00 bits per heavy atom. The van der Waals surface area contributed by atoms with Crippen molar-refractivity contribution in [1.82, 2.24) is 20.4 Å². The number of fused-ring (bicyclic) bond motifs is 1. The predicted octanol–water partition coefficient (Wildman–Crippen LogP) is 1.79. The summed E-state index contributed by atoms with van der Waals surface area (Å²) in [6.45, 7) is 2.27. The molecule has 2 aliphatic heterocycles. The number of hydrogen-bond acceptors (Lipinski definition) is 9. The number of carbonyl (C=O) groups excluding carboxylic acids is 1. The van der Waals surface area contributed by atoms with Crippen molar-refractivity contribution < 1.29 is 13.9 Å². The van der Waals surface area contributed by atoms with Crippen molar-refractivity contribution in [1.29, 1.82) is 0 Å². The first-order valence-corrected chi connectivity index (χ1v) is 9.62. The average molecular weight is 426 g/mol. The van der Waals surface area contributed by atoms with Gasteiger partial charge in [0.15, 0.2) is 23.1 Å². The molecule has 31 heavy (non-hydrogen) atoms. The Morgan fingerprint density at radius 1 is 1.29 bits per heavy atom. The standard InChI is InChI=1S/C20H23FN8O2/c1-20-12(7-5-9-24-20)14(28-29(20)10-11-6-3-4-8-13(11)21)18-26-16(22)15(17(23)27-18)25-19(30)31-2/h3-9,11,13,28H,10H2,1-2H3,(H,25,30)(H4,22,23,26,27). The van der Waals surface area contributed by atoms with Gasteiger partial charge in [-0.05, 0) is 13.0 Å². The molecule has 1 aromatic rings. The Labute approximate surface area is 178 Å². The number of nitrogens with zero attached hydrogens (tertiary/aromatic N) is 4. The second kappa shape index (κ2) is 7.84. The molecule has 0 radical (unpaired) electrons. The molecular formula is C20H23FN8O2. The summed E-state index contributed by atoms with van der Waals surface area (Å²) >= 11 is 0. The number of dihydropyridines is 1. The number of halogens is 1. The molecule has 3 aliphatic rings. The number of anilines is 3. The third kappa shape index (κ3) is 3.63. The molecule has 162 valence electrons. The lowest BCUT2D eigenvalue weighted by Gasteiger charge is -2.36. The Kier molecular flexibility index (Phi) is 5.19. The van der Waals surface area contributed by atoms with Crippen molar-refractivity contribution in [3.63, 3.8) is 0 Å². The molecule has 0 saturated heterocycles. The third-order valence-electron chi connectivity index (χ3n) is 5.39. The summed E-state index contributed by atoms with van der Waals surface area (Å²) in [5.41, 5.74) is 15.9. The zero-order valence-electron chi connectivity index (χ0n) is 17.0. The number of ether oxygens (including phenoxy) is 1. The van der Waals surface area contributed by atoms with Crippen molar-refractivity contribution in [2.24, 2.45) is 10.9 Å². The number of methoxy groups -OCH3 is 1. The molecule has 3 atom stereocenters. The molecule has 11 heteroatoms. The SMILES string of the molecule is COC(=O)Nc1c(N)nc(C2=C3C=CC=NC3(C)N(CC3C=CC=CC3F)N2)nc1N. The summed E-state index contributed by atoms with van der Waals surface area (Å²) in [6, 6.07) is 0. The van der Waals surface area contributed by atoms with Gasteiger partial charge in [0, 0.05) is 24.3 Å². The van der Waals surface area contributed by atoms with Crippen LogP contribution in [-0.2, 0) is 4.74 Å². The number of aliphatic imine (C=N–C) groups is 1. The van der Waals surface area contributed by atoms with Gasteiger partial charge in [0.25, 0.3) is 0 Å². The Bertz CT molecular complexity index is 1040. The smallest absolute Gasteiger partial charge is 0.411 e. The molecule has 3 unspecified atom stereocenters. The molecule has 0 saturated carbocycles. The van der Waals surface area contributed by atoms with Gasteiger partial charge in [-0.2, -0.15) is 5.01 Å². The van der Waals surface area contributed by atoms with Gasteiger partial charge in [-0.15, -0.1) is 0 Å². The first-order chi connectivity index (χ1) is 14.8. The summed E-state index contributed by atoms with van der Waals surface area (Å²) in [5.74, 6) is -0.156. The lowest BCUT2D eigenvalue weighted by molar-refractivity contribution is 0.0984. The summed E-state index contributed by atoms with van der Waals surface area (Å²) in [4.78, 5) is 24.8. The number of nitrogen functional groups attached to an aromatic ring is 2. The fourth-order valence-corrected chi connectivity index (χ4v) is 3.68. The molecule has 3 heterocycles. The van der Waals surface area contributed by atoms with Crippen LogP contribution in [0.2, 0.25) is 0 Å². The van der Waals surface area contributed by atoms with E-state index in [9.17, 15) is 9.18 Å². The summed E-state index contributed by atoms with van der Waals surface area (Å²) in [6.07, 6.45) is 10.4. The van der Waals surface area contributed by atoms with Crippen molar-refractivity contribution in [3.8, 4) is 0 Å². The first kappa shape index (κ1) is 20.5. The van der Waals surface area contributed by atoms with E-state index in [0.717, 1.165) is 5.57 Å². The van der Waals surface area contributed by atoms with Gasteiger partial charge in [0.1, 0.15) is 17.6 Å². The maximum absolute atomic E-state index is 14.4. The van der Waals surface area contributed by atoms with E-state index in [1.165, 1.54) is 13.2 Å². The van der Waals surface area contributed by atoms with Crippen molar-refractivity contribution >= 4 is 35.3 Å². The fraction of sp³-hybridized carbons (Fsp3) is 0.300. The van der Waals surface area contributed by atoms with Gasteiger partial charge < -0.3 is 21.6 Å². The first-order valence-electron chi connectivity index (χ1n) is 9.62. The molecular weight excluding hydrogens is 403 g/mol. The van der Waals surface area contributed by atoms with Crippen LogP contribution in [-0.4, -0.2) is 52.8 Å². The molecule has 4 rings (SSSR count). The van der Waals surface area contributed by atoms with Gasteiger partial charge in [-0.3, -0.25) is 10.3 Å². The van der Waals surface area contributed by atoms with E-state index in [-0.39, 0.29) is 29.1 Å². The van der Waals surface area contributed by atoms with E-state index in [1.807, 2.05) is 30.2 Å². The van der Waals surface area contributed by atoms with Crippen LogP contribution >= 0.6 is 0 Å². The van der Waals surface area contributed by atoms with Gasteiger partial charge >= 0.3 is 6.09 Å². The average Bonchev–Trinajstić information content (AvgIpc) is 3.04. The number of amides is 1. The number of nitrogens with two attached hydrogens (primary N) is 2. The predicted molar refractivity (Wildman–Crippen MR) is 116 cm³/mol. The van der Waals surface area contributed by atoms with Gasteiger partial charge in [-0.25, -0.2) is 19.2 Å². The van der Waals surface area contributed by atoms with E-state index in [2.05, 4.69) is 30.4 Å². The maximum Gasteiger partial charge on any atom is 0.411 e. The molecule has 6 N–H and O–H groups in total. The minimum atomic E-state index is -1.10. The summed E-state index contributed by atoms with van der Waals surface area (Å²) in [7, 11) is 1.22. The van der Waals surface area contributed by atoms with Crippen molar-refractivity contribution in [2.75, 3.05) is 30.4 Å². The maximum atomic E-state index is 14.4. The Balaban J connectivity index is 1.68. The molecule has 0 spiro atoms. The van der Waals surface area contributed by atoms with Gasteiger partial charge in [-0.1, -0.05) is 30.4 Å². The highest BCUT2D eigenvalue weighted by Gasteiger charge is 2.45. The molecule has 0 fully saturated rings. The summed E-state index contributed by atoms with van der Waals surface area (Å²) in [5, 5.41) is 4.24. The lowest BCUT2D eigenvalue weighted by Crippen LogP contribution is -2.50. The highest BCUT2D eigenvalue weighted by molar-refractivity contribution is 5.92. The molecule has 1 aromatic heterocycles. The summed E-state index contributed by atoms with van der Waals surface area (Å²) < 4.78 is 19.0. The molecule has 1 aliphatic carbocycles. The van der Waals surface area contributed by atoms with Gasteiger partial charge in [0.05, 0.1) is 7.11 Å². The van der Waals surface area contributed by atoms with E-state index in [0.29, 0.717) is 12.2 Å². The van der Waals surface area contributed by atoms with Crippen LogP contribution in [0.3, 0.4) is 0 Å². The second-order valence-corrected chi connectivity index (χ2v) is 7.36. The van der Waals surface area contributed by atoms with E-state index >= 15 is 0 Å². The fourth-order valence-electron chi connectivity index (χ4n) is 3.68. The van der Waals surface area contributed by atoms with Crippen LogP contribution in [0.4, 0.5) is 26.5 Å². The number of hydrogen-bond donors (Lipinski definition) is 4. The number of nitrogens with one attached hydrogen (secondary N) is 2. The molecule has 0 aromatic carbocycles. The highest BCUT2D eigenvalue weighted by atomic mass is 19.1. The molecule has 0 bridgehead atoms. The van der Waals surface area contributed by atoms with Crippen molar-refractivity contribution in [2.45, 2.75) is 18.8 Å². The normalized spacial score (nSPS) is 26.7. The lowest BCUT2D eigenvalue weighted by atomic mass is 9.95. The quantitative estimate of drug-likeness (QED) is 0.570. The van der Waals surface area contributed by atoms with Crippen LogP contribution in [0.1, 0.15) is 12.7 Å². The number of carbonyl (C=O) groups is 1.